The Bertz CT molecular complexity index is 1010. The Hall–Kier alpha value is -2.59. The highest BCUT2D eigenvalue weighted by molar-refractivity contribution is 8.00. The van der Waals surface area contributed by atoms with Gasteiger partial charge in [0, 0.05) is 22.7 Å². The van der Waals surface area contributed by atoms with Crippen molar-refractivity contribution in [2.75, 3.05) is 22.1 Å². The van der Waals surface area contributed by atoms with Crippen LogP contribution in [0, 0.1) is 23.6 Å². The molecule has 0 radical (unpaired) electrons. The van der Waals surface area contributed by atoms with Crippen LogP contribution < -0.4 is 22.1 Å². The van der Waals surface area contributed by atoms with Crippen LogP contribution in [0.15, 0.2) is 30.5 Å². The summed E-state index contributed by atoms with van der Waals surface area (Å²) in [4.78, 5) is 32.0. The molecule has 2 aliphatic carbocycles. The Balaban J connectivity index is 1.42. The van der Waals surface area contributed by atoms with Crippen LogP contribution in [0.1, 0.15) is 12.8 Å². The molecule has 31 heavy (non-hydrogen) atoms. The summed E-state index contributed by atoms with van der Waals surface area (Å²) in [6, 6.07) is 6.60. The van der Waals surface area contributed by atoms with E-state index in [1.165, 1.54) is 11.8 Å². The zero-order valence-corrected chi connectivity index (χ0v) is 18.0. The molecule has 0 spiro atoms. The number of hydrogen-bond donors (Lipinski definition) is 4. The number of nitrogens with zero attached hydrogens (tertiary/aromatic N) is 2. The zero-order valence-electron chi connectivity index (χ0n) is 16.4. The Labute approximate surface area is 187 Å². The monoisotopic (exact) mass is 464 g/mol. The lowest BCUT2D eigenvalue weighted by Crippen LogP contribution is -2.46. The van der Waals surface area contributed by atoms with Gasteiger partial charge in [0.1, 0.15) is 0 Å². The van der Waals surface area contributed by atoms with Crippen molar-refractivity contribution in [1.82, 2.24) is 9.97 Å². The summed E-state index contributed by atoms with van der Waals surface area (Å²) in [5.41, 5.74) is 12.6. The summed E-state index contributed by atoms with van der Waals surface area (Å²) in [6.45, 7) is 0. The molecule has 11 heteroatoms. The third-order valence-electron chi connectivity index (χ3n) is 5.89. The number of fused-ring (bicyclic) bond motifs is 2. The van der Waals surface area contributed by atoms with Crippen LogP contribution >= 0.6 is 23.4 Å². The predicted molar refractivity (Wildman–Crippen MR) is 119 cm³/mol. The molecule has 5 atom stereocenters. The maximum Gasteiger partial charge on any atom is 0.234 e. The first-order chi connectivity index (χ1) is 14.8. The number of halogens is 2. The van der Waals surface area contributed by atoms with E-state index in [0.717, 1.165) is 19.0 Å². The van der Waals surface area contributed by atoms with Crippen molar-refractivity contribution >= 4 is 52.4 Å². The largest absolute Gasteiger partial charge is 0.399 e. The van der Waals surface area contributed by atoms with Gasteiger partial charge in [0.05, 0.1) is 17.9 Å². The molecule has 2 amide bonds. The van der Waals surface area contributed by atoms with Crippen LogP contribution in [0.3, 0.4) is 0 Å². The number of primary amides is 1. The van der Waals surface area contributed by atoms with E-state index in [9.17, 15) is 14.0 Å². The van der Waals surface area contributed by atoms with E-state index in [2.05, 4.69) is 20.6 Å². The van der Waals surface area contributed by atoms with E-state index < -0.39 is 17.6 Å². The number of rotatable bonds is 7. The number of hydrogen-bond acceptors (Lipinski definition) is 7. The van der Waals surface area contributed by atoms with Crippen LogP contribution in [0.2, 0.25) is 5.28 Å². The maximum absolute atomic E-state index is 14.2. The Morgan fingerprint density at radius 3 is 2.87 bits per heavy atom. The zero-order chi connectivity index (χ0) is 22.1. The predicted octanol–water partition coefficient (Wildman–Crippen LogP) is 2.51. The lowest BCUT2D eigenvalue weighted by atomic mass is 9.83. The lowest BCUT2D eigenvalue weighted by Gasteiger charge is -2.34. The molecular formula is C20H22ClFN6O2S. The Morgan fingerprint density at radius 2 is 2.13 bits per heavy atom. The smallest absolute Gasteiger partial charge is 0.234 e. The minimum absolute atomic E-state index is 0.0424. The molecule has 0 unspecified atom stereocenters. The molecule has 2 aliphatic rings. The topological polar surface area (TPSA) is 136 Å². The van der Waals surface area contributed by atoms with Gasteiger partial charge in [-0.15, -0.1) is 11.8 Å². The van der Waals surface area contributed by atoms with Crippen molar-refractivity contribution < 1.29 is 14.0 Å². The van der Waals surface area contributed by atoms with Crippen molar-refractivity contribution in [3.63, 3.8) is 0 Å². The summed E-state index contributed by atoms with van der Waals surface area (Å²) in [7, 11) is 0. The third kappa shape index (κ3) is 4.69. The molecule has 2 bridgehead atoms. The molecular weight excluding hydrogens is 443 g/mol. The van der Waals surface area contributed by atoms with Gasteiger partial charge in [-0.25, -0.2) is 9.37 Å². The first kappa shape index (κ1) is 21.6. The molecule has 2 fully saturated rings. The van der Waals surface area contributed by atoms with E-state index in [-0.39, 0.29) is 45.9 Å². The van der Waals surface area contributed by atoms with E-state index in [1.54, 1.807) is 24.3 Å². The average Bonchev–Trinajstić information content (AvgIpc) is 3.27. The van der Waals surface area contributed by atoms with Gasteiger partial charge >= 0.3 is 0 Å². The molecule has 6 N–H and O–H groups in total. The molecule has 0 saturated heterocycles. The molecule has 1 aromatic carbocycles. The first-order valence-electron chi connectivity index (χ1n) is 9.82. The van der Waals surface area contributed by atoms with Gasteiger partial charge in [0.2, 0.25) is 17.1 Å². The number of anilines is 3. The number of amides is 2. The molecule has 2 saturated carbocycles. The number of benzene rings is 1. The fraction of sp³-hybridized carbons (Fsp3) is 0.400. The fourth-order valence-electron chi connectivity index (χ4n) is 4.70. The van der Waals surface area contributed by atoms with E-state index in [0.29, 0.717) is 11.4 Å². The highest BCUT2D eigenvalue weighted by Crippen LogP contribution is 2.53. The molecule has 0 aliphatic heterocycles. The highest BCUT2D eigenvalue weighted by Gasteiger charge is 2.55. The number of carbonyl (C=O) groups excluding carboxylic acids is 2. The molecule has 4 rings (SSSR count). The van der Waals surface area contributed by atoms with Gasteiger partial charge in [-0.05, 0) is 54.5 Å². The van der Waals surface area contributed by atoms with Crippen LogP contribution in [-0.2, 0) is 9.59 Å². The molecule has 1 aromatic heterocycles. The first-order valence-corrected chi connectivity index (χ1v) is 11.3. The molecule has 8 nitrogen and oxygen atoms in total. The van der Waals surface area contributed by atoms with E-state index in [4.69, 9.17) is 23.1 Å². The summed E-state index contributed by atoms with van der Waals surface area (Å²) in [5.74, 6) is -1.32. The SMILES string of the molecule is NC(=O)[C@H]1[C@H]2C[C@@H]([C@H]1Nc1nc(Cl)ncc1F)[C@H](SCC(=O)Nc1cccc(N)c1)C2. The number of nitrogen functional groups attached to an aromatic ring is 1. The second kappa shape index (κ2) is 8.88. The second-order valence-corrected chi connectivity index (χ2v) is 9.42. The quantitative estimate of drug-likeness (QED) is 0.365. The number of nitrogens with one attached hydrogen (secondary N) is 2. The maximum atomic E-state index is 14.2. The van der Waals surface area contributed by atoms with Crippen molar-refractivity contribution in [1.29, 1.82) is 0 Å². The van der Waals surface area contributed by atoms with Crippen molar-refractivity contribution in [3.05, 3.63) is 41.6 Å². The van der Waals surface area contributed by atoms with Gasteiger partial charge in [-0.1, -0.05) is 6.07 Å². The molecule has 164 valence electrons. The summed E-state index contributed by atoms with van der Waals surface area (Å²) >= 11 is 7.32. The van der Waals surface area contributed by atoms with Gasteiger partial charge in [0.25, 0.3) is 0 Å². The third-order valence-corrected chi connectivity index (χ3v) is 7.47. The molecule has 2 aromatic rings. The van der Waals surface area contributed by atoms with Gasteiger partial charge in [0.15, 0.2) is 11.6 Å². The number of carbonyl (C=O) groups is 2. The van der Waals surface area contributed by atoms with Crippen molar-refractivity contribution in [3.8, 4) is 0 Å². The normalized spacial score (nSPS) is 26.6. The lowest BCUT2D eigenvalue weighted by molar-refractivity contribution is -0.123. The number of thioether (sulfide) groups is 1. The summed E-state index contributed by atoms with van der Waals surface area (Å²) in [6.07, 6.45) is 2.54. The Kier molecular flexibility index (Phi) is 6.19. The second-order valence-electron chi connectivity index (χ2n) is 7.85. The van der Waals surface area contributed by atoms with Gasteiger partial charge in [-0.2, -0.15) is 4.98 Å². The molecule has 1 heterocycles. The number of aromatic nitrogens is 2. The van der Waals surface area contributed by atoms with Crippen LogP contribution in [-0.4, -0.2) is 38.8 Å². The Morgan fingerprint density at radius 1 is 1.32 bits per heavy atom. The van der Waals surface area contributed by atoms with Crippen molar-refractivity contribution in [2.45, 2.75) is 24.1 Å². The van der Waals surface area contributed by atoms with Gasteiger partial charge in [-0.3, -0.25) is 9.59 Å². The van der Waals surface area contributed by atoms with Crippen LogP contribution in [0.4, 0.5) is 21.6 Å². The fourth-order valence-corrected chi connectivity index (χ4v) is 6.18. The number of nitrogens with two attached hydrogens (primary N) is 2. The van der Waals surface area contributed by atoms with Crippen LogP contribution in [0.25, 0.3) is 0 Å². The van der Waals surface area contributed by atoms with E-state index >= 15 is 0 Å². The highest BCUT2D eigenvalue weighted by atomic mass is 35.5. The van der Waals surface area contributed by atoms with Crippen molar-refractivity contribution in [2.24, 2.45) is 23.5 Å². The summed E-state index contributed by atoms with van der Waals surface area (Å²) < 4.78 is 14.2. The van der Waals surface area contributed by atoms with Gasteiger partial charge < -0.3 is 22.1 Å². The minimum Gasteiger partial charge on any atom is -0.399 e. The minimum atomic E-state index is -0.652. The van der Waals surface area contributed by atoms with Crippen LogP contribution in [0.5, 0.6) is 0 Å². The average molecular weight is 465 g/mol. The van der Waals surface area contributed by atoms with E-state index in [1.807, 2.05) is 0 Å². The standard InChI is InChI=1S/C20H22ClFN6O2S/c21-20-25-7-13(22)19(28-20)27-17-12-4-9(16(17)18(24)30)5-14(12)31-8-15(29)26-11-3-1-2-10(23)6-11/h1-3,6-7,9,12,14,16-17H,4-5,8,23H2,(H2,24,30)(H,26,29)(H,25,27,28)/t9-,12+,14+,16-,17+/m0/s1. The summed E-state index contributed by atoms with van der Waals surface area (Å²) in [5, 5.41) is 5.91.